The fraction of sp³-hybridized carbons (Fsp3) is 0.438. The van der Waals surface area contributed by atoms with Gasteiger partial charge in [-0.05, 0) is 31.9 Å². The largest absolute Gasteiger partial charge is 0.484 e. The number of rotatable bonds is 6. The first-order chi connectivity index (χ1) is 11.2. The van der Waals surface area contributed by atoms with E-state index in [1.807, 2.05) is 36.1 Å². The molecule has 0 saturated carbocycles. The zero-order chi connectivity index (χ0) is 16.1. The summed E-state index contributed by atoms with van der Waals surface area (Å²) in [6.07, 6.45) is 2.19. The van der Waals surface area contributed by atoms with Crippen molar-refractivity contribution in [1.82, 2.24) is 15.1 Å². The third kappa shape index (κ3) is 4.48. The first-order valence-corrected chi connectivity index (χ1v) is 8.62. The van der Waals surface area contributed by atoms with Crippen molar-refractivity contribution in [2.45, 2.75) is 31.6 Å². The first-order valence-electron chi connectivity index (χ1n) is 7.63. The van der Waals surface area contributed by atoms with E-state index in [0.717, 1.165) is 31.7 Å². The maximum Gasteiger partial charge on any atom is 0.277 e. The molecule has 0 unspecified atom stereocenters. The lowest BCUT2D eigenvalue weighted by Gasteiger charge is -2.13. The second-order valence-electron chi connectivity index (χ2n) is 5.44. The number of hydrogen-bond donors (Lipinski definition) is 0. The molecule has 1 aliphatic rings. The second kappa shape index (κ2) is 7.50. The monoisotopic (exact) mass is 333 g/mol. The predicted molar refractivity (Wildman–Crippen MR) is 86.3 cm³/mol. The summed E-state index contributed by atoms with van der Waals surface area (Å²) in [5, 5.41) is 8.28. The molecule has 0 bridgehead atoms. The molecule has 0 N–H and O–H groups in total. The molecule has 0 spiro atoms. The molecule has 6 nitrogen and oxygen atoms in total. The molecule has 0 radical (unpaired) electrons. The van der Waals surface area contributed by atoms with Crippen molar-refractivity contribution in [2.24, 2.45) is 0 Å². The van der Waals surface area contributed by atoms with Crippen LogP contribution in [0.4, 0.5) is 0 Å². The fourth-order valence-electron chi connectivity index (χ4n) is 2.32. The Hall–Kier alpha value is -2.02. The molecule has 1 aromatic carbocycles. The number of hydrogen-bond acceptors (Lipinski definition) is 6. The number of aryl methyl sites for hydroxylation is 1. The van der Waals surface area contributed by atoms with Crippen molar-refractivity contribution in [3.8, 4) is 5.75 Å². The molecule has 1 aromatic heterocycles. The number of amides is 1. The van der Waals surface area contributed by atoms with E-state index in [2.05, 4.69) is 10.2 Å². The van der Waals surface area contributed by atoms with Crippen molar-refractivity contribution in [3.63, 3.8) is 0 Å². The normalized spacial score (nSPS) is 14.2. The topological polar surface area (TPSA) is 68.5 Å². The quantitative estimate of drug-likeness (QED) is 0.757. The highest BCUT2D eigenvalue weighted by molar-refractivity contribution is 7.99. The number of likely N-dealkylation sites (tertiary alicyclic amines) is 1. The van der Waals surface area contributed by atoms with E-state index >= 15 is 0 Å². The van der Waals surface area contributed by atoms with Crippen molar-refractivity contribution in [2.75, 3.05) is 18.8 Å². The van der Waals surface area contributed by atoms with Crippen LogP contribution >= 0.6 is 11.8 Å². The van der Waals surface area contributed by atoms with Crippen LogP contribution in [0.15, 0.2) is 33.9 Å². The molecule has 23 heavy (non-hydrogen) atoms. The van der Waals surface area contributed by atoms with Gasteiger partial charge < -0.3 is 14.1 Å². The molecule has 1 aliphatic heterocycles. The maximum absolute atomic E-state index is 12.0. The van der Waals surface area contributed by atoms with E-state index in [1.54, 1.807) is 0 Å². The Morgan fingerprint density at radius 1 is 1.26 bits per heavy atom. The molecule has 0 atom stereocenters. The number of benzene rings is 1. The van der Waals surface area contributed by atoms with Crippen LogP contribution in [-0.4, -0.2) is 39.8 Å². The fourth-order valence-corrected chi connectivity index (χ4v) is 3.00. The molecule has 1 fully saturated rings. The summed E-state index contributed by atoms with van der Waals surface area (Å²) in [5.74, 6) is 1.62. The minimum absolute atomic E-state index is 0.128. The Morgan fingerprint density at radius 2 is 2.00 bits per heavy atom. The number of carbonyl (C=O) groups is 1. The van der Waals surface area contributed by atoms with Gasteiger partial charge in [0, 0.05) is 13.1 Å². The van der Waals surface area contributed by atoms with Gasteiger partial charge in [-0.25, -0.2) is 0 Å². The van der Waals surface area contributed by atoms with Gasteiger partial charge in [-0.3, -0.25) is 4.79 Å². The molecule has 1 amide bonds. The minimum atomic E-state index is 0.128. The molecule has 122 valence electrons. The van der Waals surface area contributed by atoms with Crippen molar-refractivity contribution < 1.29 is 13.9 Å². The minimum Gasteiger partial charge on any atom is -0.484 e. The summed E-state index contributed by atoms with van der Waals surface area (Å²) in [7, 11) is 0. The summed E-state index contributed by atoms with van der Waals surface area (Å²) >= 11 is 1.27. The highest BCUT2D eigenvalue weighted by Gasteiger charge is 2.19. The van der Waals surface area contributed by atoms with Crippen molar-refractivity contribution in [3.05, 3.63) is 35.7 Å². The van der Waals surface area contributed by atoms with E-state index in [-0.39, 0.29) is 12.5 Å². The van der Waals surface area contributed by atoms with Crippen molar-refractivity contribution >= 4 is 17.7 Å². The first kappa shape index (κ1) is 15.9. The van der Waals surface area contributed by atoms with Crippen LogP contribution in [0.5, 0.6) is 5.75 Å². The van der Waals surface area contributed by atoms with Crippen LogP contribution in [0.25, 0.3) is 0 Å². The Kier molecular flexibility index (Phi) is 5.17. The number of ether oxygens (including phenoxy) is 1. The van der Waals surface area contributed by atoms with Crippen LogP contribution < -0.4 is 4.74 Å². The Bertz CT molecular complexity index is 651. The predicted octanol–water partition coefficient (Wildman–Crippen LogP) is 2.67. The van der Waals surface area contributed by atoms with Crippen LogP contribution in [0.3, 0.4) is 0 Å². The van der Waals surface area contributed by atoms with E-state index in [0.29, 0.717) is 16.9 Å². The van der Waals surface area contributed by atoms with E-state index in [9.17, 15) is 4.79 Å². The van der Waals surface area contributed by atoms with Gasteiger partial charge in [-0.1, -0.05) is 29.5 Å². The number of nitrogens with zero attached hydrogens (tertiary/aromatic N) is 3. The van der Waals surface area contributed by atoms with Gasteiger partial charge >= 0.3 is 0 Å². The lowest BCUT2D eigenvalue weighted by atomic mass is 10.2. The van der Waals surface area contributed by atoms with E-state index in [4.69, 9.17) is 9.15 Å². The Morgan fingerprint density at radius 3 is 2.74 bits per heavy atom. The molecule has 0 aliphatic carbocycles. The number of aromatic nitrogens is 2. The van der Waals surface area contributed by atoms with E-state index < -0.39 is 0 Å². The van der Waals surface area contributed by atoms with Gasteiger partial charge in [0.2, 0.25) is 5.91 Å². The molecule has 2 heterocycles. The molecular weight excluding hydrogens is 314 g/mol. The average Bonchev–Trinajstić information content (AvgIpc) is 3.24. The third-order valence-corrected chi connectivity index (χ3v) is 4.41. The summed E-state index contributed by atoms with van der Waals surface area (Å²) in [6, 6.07) is 7.76. The van der Waals surface area contributed by atoms with Gasteiger partial charge in [-0.2, -0.15) is 0 Å². The number of thioether (sulfide) groups is 1. The Labute approximate surface area is 139 Å². The van der Waals surface area contributed by atoms with Gasteiger partial charge in [0.15, 0.2) is 6.61 Å². The average molecular weight is 333 g/mol. The maximum atomic E-state index is 12.0. The van der Waals surface area contributed by atoms with Gasteiger partial charge in [0.1, 0.15) is 5.75 Å². The second-order valence-corrected chi connectivity index (χ2v) is 6.37. The van der Waals surface area contributed by atoms with Gasteiger partial charge in [0.05, 0.1) is 5.75 Å². The zero-order valence-electron chi connectivity index (χ0n) is 13.0. The molecule has 7 heteroatoms. The lowest BCUT2D eigenvalue weighted by Crippen LogP contribution is -2.29. The molecule has 1 saturated heterocycles. The highest BCUT2D eigenvalue weighted by atomic mass is 32.2. The van der Waals surface area contributed by atoms with Gasteiger partial charge in [0.25, 0.3) is 11.1 Å². The van der Waals surface area contributed by atoms with E-state index in [1.165, 1.54) is 17.3 Å². The summed E-state index contributed by atoms with van der Waals surface area (Å²) < 4.78 is 11.1. The third-order valence-electron chi connectivity index (χ3n) is 3.61. The highest BCUT2D eigenvalue weighted by Crippen LogP contribution is 2.19. The molecule has 3 rings (SSSR count). The smallest absolute Gasteiger partial charge is 0.277 e. The van der Waals surface area contributed by atoms with Crippen LogP contribution in [0, 0.1) is 6.92 Å². The molecule has 2 aromatic rings. The van der Waals surface area contributed by atoms with Crippen molar-refractivity contribution in [1.29, 1.82) is 0 Å². The van der Waals surface area contributed by atoms with Crippen LogP contribution in [-0.2, 0) is 11.4 Å². The summed E-state index contributed by atoms with van der Waals surface area (Å²) in [6.45, 7) is 3.96. The molecular formula is C16H19N3O3S. The Balaban J connectivity index is 1.46. The summed E-state index contributed by atoms with van der Waals surface area (Å²) in [5.41, 5.74) is 1.18. The van der Waals surface area contributed by atoms with Crippen LogP contribution in [0.2, 0.25) is 0 Å². The standard InChI is InChI=1S/C16H19N3O3S/c1-12-4-6-13(7-5-12)21-10-14-17-18-16(22-14)23-11-15(20)19-8-2-3-9-19/h4-7H,2-3,8-11H2,1H3. The van der Waals surface area contributed by atoms with Gasteiger partial charge in [-0.15, -0.1) is 10.2 Å². The van der Waals surface area contributed by atoms with Crippen LogP contribution in [0.1, 0.15) is 24.3 Å². The summed E-state index contributed by atoms with van der Waals surface area (Å²) in [4.78, 5) is 13.8. The zero-order valence-corrected chi connectivity index (χ0v) is 13.8. The lowest BCUT2D eigenvalue weighted by molar-refractivity contribution is -0.127. The number of carbonyl (C=O) groups excluding carboxylic acids is 1. The SMILES string of the molecule is Cc1ccc(OCc2nnc(SCC(=O)N3CCCC3)o2)cc1.